The Morgan fingerprint density at radius 1 is 1.12 bits per heavy atom. The first-order valence-corrected chi connectivity index (χ1v) is 8.20. The molecule has 0 fully saturated rings. The lowest BCUT2D eigenvalue weighted by Gasteiger charge is -2.32. The molecule has 0 unspecified atom stereocenters. The molecule has 2 aliphatic heterocycles. The van der Waals surface area contributed by atoms with Crippen LogP contribution in [-0.2, 0) is 14.3 Å². The number of rotatable bonds is 2. The van der Waals surface area contributed by atoms with Crippen molar-refractivity contribution in [3.8, 4) is 5.75 Å². The third-order valence-electron chi connectivity index (χ3n) is 4.48. The molecule has 6 heteroatoms. The first kappa shape index (κ1) is 15.7. The number of benzene rings is 2. The summed E-state index contributed by atoms with van der Waals surface area (Å²) in [5.74, 6) is -0.784. The predicted molar refractivity (Wildman–Crippen MR) is 92.4 cm³/mol. The van der Waals surface area contributed by atoms with E-state index < -0.39 is 5.97 Å². The van der Waals surface area contributed by atoms with E-state index in [1.807, 2.05) is 0 Å². The molecule has 0 saturated heterocycles. The van der Waals surface area contributed by atoms with Gasteiger partial charge in [0.05, 0.1) is 17.0 Å². The Kier molecular flexibility index (Phi) is 3.73. The number of nitrogens with zero attached hydrogens (tertiary/aromatic N) is 1. The van der Waals surface area contributed by atoms with Crippen molar-refractivity contribution in [2.45, 2.75) is 12.3 Å². The molecule has 25 heavy (non-hydrogen) atoms. The number of anilines is 1. The molecule has 2 aromatic rings. The summed E-state index contributed by atoms with van der Waals surface area (Å²) in [7, 11) is 0. The second-order valence-electron chi connectivity index (χ2n) is 5.99. The van der Waals surface area contributed by atoms with Gasteiger partial charge >= 0.3 is 5.97 Å². The summed E-state index contributed by atoms with van der Waals surface area (Å²) >= 11 is 6.05. The molecule has 0 radical (unpaired) electrons. The van der Waals surface area contributed by atoms with Gasteiger partial charge in [-0.2, -0.15) is 0 Å². The lowest BCUT2D eigenvalue weighted by molar-refractivity contribution is -0.136. The van der Waals surface area contributed by atoms with Gasteiger partial charge in [-0.3, -0.25) is 9.69 Å². The summed E-state index contributed by atoms with van der Waals surface area (Å²) in [6, 6.07) is 13.5. The number of carbonyl (C=O) groups is 2. The van der Waals surface area contributed by atoms with Crippen LogP contribution in [0.15, 0.2) is 59.8 Å². The zero-order valence-electron chi connectivity index (χ0n) is 13.1. The van der Waals surface area contributed by atoms with E-state index in [9.17, 15) is 14.7 Å². The predicted octanol–water partition coefficient (Wildman–Crippen LogP) is 3.38. The average molecular weight is 356 g/mol. The minimum Gasteiger partial charge on any atom is -0.508 e. The Balaban J connectivity index is 1.83. The molecule has 2 aromatic carbocycles. The molecule has 1 N–H and O–H groups in total. The molecule has 1 amide bonds. The normalized spacial score (nSPS) is 19.9. The second kappa shape index (κ2) is 5.93. The van der Waals surface area contributed by atoms with Crippen molar-refractivity contribution >= 4 is 29.2 Å². The van der Waals surface area contributed by atoms with Gasteiger partial charge in [0.1, 0.15) is 12.4 Å². The van der Waals surface area contributed by atoms with E-state index in [2.05, 4.69) is 0 Å². The fourth-order valence-electron chi connectivity index (χ4n) is 3.36. The van der Waals surface area contributed by atoms with E-state index in [1.165, 1.54) is 4.90 Å². The molecule has 4 rings (SSSR count). The monoisotopic (exact) mass is 355 g/mol. The van der Waals surface area contributed by atoms with Gasteiger partial charge in [0.2, 0.25) is 5.91 Å². The van der Waals surface area contributed by atoms with Crippen molar-refractivity contribution < 1.29 is 19.4 Å². The number of cyclic esters (lactones) is 1. The highest BCUT2D eigenvalue weighted by molar-refractivity contribution is 6.31. The minimum atomic E-state index is -0.410. The van der Waals surface area contributed by atoms with Crippen LogP contribution < -0.4 is 4.90 Å². The molecule has 0 spiro atoms. The van der Waals surface area contributed by atoms with Gasteiger partial charge in [-0.25, -0.2) is 4.79 Å². The van der Waals surface area contributed by atoms with Crippen molar-refractivity contribution in [2.24, 2.45) is 0 Å². The van der Waals surface area contributed by atoms with E-state index >= 15 is 0 Å². The molecule has 5 nitrogen and oxygen atoms in total. The summed E-state index contributed by atoms with van der Waals surface area (Å²) in [5.41, 5.74) is 2.46. The molecule has 0 aliphatic carbocycles. The summed E-state index contributed by atoms with van der Waals surface area (Å²) in [4.78, 5) is 26.7. The van der Waals surface area contributed by atoms with E-state index in [0.717, 1.165) is 5.56 Å². The highest BCUT2D eigenvalue weighted by atomic mass is 35.5. The van der Waals surface area contributed by atoms with Crippen LogP contribution in [-0.4, -0.2) is 23.6 Å². The first-order chi connectivity index (χ1) is 12.0. The number of ether oxygens (including phenoxy) is 1. The van der Waals surface area contributed by atoms with Crippen LogP contribution in [0.1, 0.15) is 17.9 Å². The minimum absolute atomic E-state index is 0.0566. The maximum Gasteiger partial charge on any atom is 0.336 e. The van der Waals surface area contributed by atoms with Gasteiger partial charge in [0.25, 0.3) is 0 Å². The van der Waals surface area contributed by atoms with Crippen LogP contribution in [0, 0.1) is 0 Å². The van der Waals surface area contributed by atoms with Crippen LogP contribution in [0.2, 0.25) is 5.02 Å². The largest absolute Gasteiger partial charge is 0.508 e. The summed E-state index contributed by atoms with van der Waals surface area (Å²) < 4.78 is 5.22. The van der Waals surface area contributed by atoms with E-state index in [0.29, 0.717) is 22.0 Å². The Labute approximate surface area is 149 Å². The van der Waals surface area contributed by atoms with Crippen LogP contribution in [0.3, 0.4) is 0 Å². The molecule has 0 aromatic heterocycles. The van der Waals surface area contributed by atoms with Gasteiger partial charge < -0.3 is 9.84 Å². The van der Waals surface area contributed by atoms with Crippen molar-refractivity contribution in [1.82, 2.24) is 0 Å². The van der Waals surface area contributed by atoms with Crippen LogP contribution >= 0.6 is 11.6 Å². The lowest BCUT2D eigenvalue weighted by atomic mass is 9.84. The molecule has 0 saturated carbocycles. The molecule has 0 bridgehead atoms. The number of phenols is 1. The maximum atomic E-state index is 12.8. The van der Waals surface area contributed by atoms with Crippen LogP contribution in [0.25, 0.3) is 0 Å². The van der Waals surface area contributed by atoms with Crippen LogP contribution in [0.5, 0.6) is 5.75 Å². The molecule has 2 aliphatic rings. The highest BCUT2D eigenvalue weighted by Gasteiger charge is 2.42. The van der Waals surface area contributed by atoms with E-state index in [1.54, 1.807) is 48.5 Å². The number of esters is 1. The number of halogens is 1. The number of carbonyl (C=O) groups excluding carboxylic acids is 2. The van der Waals surface area contributed by atoms with Gasteiger partial charge in [-0.15, -0.1) is 0 Å². The molecular formula is C19H14ClNO4. The van der Waals surface area contributed by atoms with Crippen molar-refractivity contribution in [1.29, 1.82) is 0 Å². The Hall–Kier alpha value is -2.79. The highest BCUT2D eigenvalue weighted by Crippen LogP contribution is 2.42. The number of hydrogen-bond acceptors (Lipinski definition) is 4. The van der Waals surface area contributed by atoms with Crippen LogP contribution in [0.4, 0.5) is 5.69 Å². The van der Waals surface area contributed by atoms with Gasteiger partial charge in [0.15, 0.2) is 0 Å². The van der Waals surface area contributed by atoms with Crippen molar-refractivity contribution in [2.75, 3.05) is 11.5 Å². The van der Waals surface area contributed by atoms with E-state index in [-0.39, 0.29) is 30.6 Å². The zero-order valence-corrected chi connectivity index (χ0v) is 13.9. The van der Waals surface area contributed by atoms with E-state index in [4.69, 9.17) is 16.3 Å². The van der Waals surface area contributed by atoms with Gasteiger partial charge in [-0.1, -0.05) is 29.8 Å². The first-order valence-electron chi connectivity index (χ1n) is 7.82. The average Bonchev–Trinajstić information content (AvgIpc) is 2.96. The molecule has 126 valence electrons. The number of aromatic hydroxyl groups is 1. The summed E-state index contributed by atoms with van der Waals surface area (Å²) in [6.45, 7) is 0.0566. The lowest BCUT2D eigenvalue weighted by Crippen LogP contribution is -2.37. The van der Waals surface area contributed by atoms with Crippen molar-refractivity contribution in [3.63, 3.8) is 0 Å². The van der Waals surface area contributed by atoms with Gasteiger partial charge in [-0.05, 0) is 35.9 Å². The van der Waals surface area contributed by atoms with Crippen molar-refractivity contribution in [3.05, 3.63) is 70.4 Å². The summed E-state index contributed by atoms with van der Waals surface area (Å²) in [5, 5.41) is 9.98. The third kappa shape index (κ3) is 2.66. The SMILES string of the molecule is O=C1OCC2=C1[C@H](c1ccc(O)cc1)CC(=O)N2c1cccc(Cl)c1. The Morgan fingerprint density at radius 2 is 1.88 bits per heavy atom. The standard InChI is InChI=1S/C19H14ClNO4/c20-12-2-1-3-13(8-12)21-16-10-25-19(24)18(16)15(9-17(21)23)11-4-6-14(22)7-5-11/h1-8,15,22H,9-10H2/t15-/m0/s1. The molecule has 2 heterocycles. The fourth-order valence-corrected chi connectivity index (χ4v) is 3.54. The maximum absolute atomic E-state index is 12.8. The summed E-state index contributed by atoms with van der Waals surface area (Å²) in [6.07, 6.45) is 0.144. The zero-order chi connectivity index (χ0) is 17.6. The number of amides is 1. The Morgan fingerprint density at radius 3 is 2.60 bits per heavy atom. The number of phenolic OH excluding ortho intramolecular Hbond substituents is 1. The quantitative estimate of drug-likeness (QED) is 0.839. The smallest absolute Gasteiger partial charge is 0.336 e. The number of hydrogen-bond donors (Lipinski definition) is 1. The topological polar surface area (TPSA) is 66.8 Å². The Bertz CT molecular complexity index is 904. The third-order valence-corrected chi connectivity index (χ3v) is 4.71. The fraction of sp³-hybridized carbons (Fsp3) is 0.158. The molecular weight excluding hydrogens is 342 g/mol. The second-order valence-corrected chi connectivity index (χ2v) is 6.43. The molecule has 1 atom stereocenters. The van der Waals surface area contributed by atoms with Gasteiger partial charge in [0, 0.05) is 17.4 Å².